The van der Waals surface area contributed by atoms with E-state index in [1.54, 1.807) is 57.8 Å². The van der Waals surface area contributed by atoms with Gasteiger partial charge >= 0.3 is 0 Å². The molecule has 5 unspecified atom stereocenters. The Balaban J connectivity index is 0.000000212. The van der Waals surface area contributed by atoms with Gasteiger partial charge in [-0.3, -0.25) is 0 Å². The van der Waals surface area contributed by atoms with Gasteiger partial charge in [-0.05, 0) is 51.9 Å². The third kappa shape index (κ3) is 4.58. The normalized spacial score (nSPS) is 37.7. The topological polar surface area (TPSA) is 60.4 Å². The minimum absolute atomic E-state index is 0.592. The number of alkyl halides is 2. The van der Waals surface area contributed by atoms with Crippen LogP contribution in [0.4, 0.5) is 0 Å². The smallest absolute Gasteiger partial charge is 0.276 e. The van der Waals surface area contributed by atoms with Crippen molar-refractivity contribution in [3.05, 3.63) is 0 Å². The van der Waals surface area contributed by atoms with Gasteiger partial charge in [0.25, 0.3) is 21.2 Å². The van der Waals surface area contributed by atoms with Crippen molar-refractivity contribution in [2.75, 3.05) is 0 Å². The molecular weight excluding hydrogens is 367 g/mol. The third-order valence-corrected chi connectivity index (χ3v) is 10.0. The first-order valence-electron chi connectivity index (χ1n) is 8.09. The van der Waals surface area contributed by atoms with Gasteiger partial charge in [-0.25, -0.2) is 0 Å². The van der Waals surface area contributed by atoms with Gasteiger partial charge in [0.1, 0.15) is 0 Å². The van der Waals surface area contributed by atoms with Gasteiger partial charge in [-0.15, -0.1) is 0 Å². The zero-order valence-electron chi connectivity index (χ0n) is 12.4. The number of carboxylic acids is 1. The number of carbonyl (C=O) groups excluding carboxylic acids is 1. The third-order valence-electron chi connectivity index (χ3n) is 4.90. The fourth-order valence-corrected chi connectivity index (χ4v) is 9.05. The largest absolute Gasteiger partial charge is 0.547 e. The van der Waals surface area contributed by atoms with Gasteiger partial charge in [-0.1, -0.05) is 12.8 Å². The predicted octanol–water partition coefficient (Wildman–Crippen LogP) is -1.29. The number of carboxylic acid groups (broad SMARTS) is 1. The number of rotatable bonds is 1. The molecule has 0 aromatic carbocycles. The highest BCUT2D eigenvalue weighted by atomic mass is 127. The van der Waals surface area contributed by atoms with Crippen LogP contribution in [0.25, 0.3) is 0 Å². The van der Waals surface area contributed by atoms with Crippen molar-refractivity contribution in [1.29, 1.82) is 0 Å². The van der Waals surface area contributed by atoms with Crippen molar-refractivity contribution in [2.24, 2.45) is 11.8 Å². The van der Waals surface area contributed by atoms with E-state index >= 15 is 0 Å². The second-order valence-corrected chi connectivity index (χ2v) is 10.4. The van der Waals surface area contributed by atoms with E-state index in [9.17, 15) is 9.90 Å². The first-order valence-corrected chi connectivity index (χ1v) is 10.6. The van der Waals surface area contributed by atoms with Crippen LogP contribution in [0.2, 0.25) is 0 Å². The van der Waals surface area contributed by atoms with E-state index in [2.05, 4.69) is 0 Å². The average Bonchev–Trinajstić information content (AvgIpc) is 2.45. The van der Waals surface area contributed by atoms with Crippen molar-refractivity contribution in [2.45, 2.75) is 78.7 Å². The van der Waals surface area contributed by atoms with Crippen LogP contribution in [0.15, 0.2) is 0 Å². The SMILES string of the molecule is C1CCC2[I+]C3CCCCC3CC2C1.CC(O)C(=O)[O-]. The molecule has 5 atom stereocenters. The van der Waals surface area contributed by atoms with E-state index in [1.807, 2.05) is 0 Å². The maximum absolute atomic E-state index is 9.34. The molecule has 0 spiro atoms. The second kappa shape index (κ2) is 7.97. The van der Waals surface area contributed by atoms with E-state index in [1.165, 1.54) is 19.7 Å². The molecule has 116 valence electrons. The Labute approximate surface area is 132 Å². The Bertz CT molecular complexity index is 277. The number of fused-ring (bicyclic) bond motifs is 2. The van der Waals surface area contributed by atoms with Gasteiger partial charge in [0.15, 0.2) is 7.85 Å². The lowest BCUT2D eigenvalue weighted by Crippen LogP contribution is -3.69. The van der Waals surface area contributed by atoms with E-state index < -0.39 is 12.1 Å². The quantitative estimate of drug-likeness (QED) is 0.445. The van der Waals surface area contributed by atoms with Gasteiger partial charge in [-0.2, -0.15) is 0 Å². The molecule has 0 aromatic rings. The molecule has 0 radical (unpaired) electrons. The van der Waals surface area contributed by atoms with Crippen LogP contribution in [0.1, 0.15) is 64.7 Å². The van der Waals surface area contributed by atoms with Gasteiger partial charge in [0.05, 0.1) is 12.1 Å². The molecule has 1 aliphatic heterocycles. The monoisotopic (exact) mass is 394 g/mol. The standard InChI is InChI=1S/C13H22I.C3H6O3/c1-3-7-12-10(5-1)9-11-6-2-4-8-13(11)14-12;1-2(4)3(5)6/h10-13H,1-9H2;2,4H,1H3,(H,5,6)/q+1;/p-1. The lowest BCUT2D eigenvalue weighted by atomic mass is 9.77. The average molecular weight is 394 g/mol. The zero-order chi connectivity index (χ0) is 14.5. The molecule has 0 amide bonds. The fraction of sp³-hybridized carbons (Fsp3) is 0.938. The summed E-state index contributed by atoms with van der Waals surface area (Å²) in [5.74, 6) is 0.974. The fourth-order valence-electron chi connectivity index (χ4n) is 3.78. The second-order valence-electron chi connectivity index (χ2n) is 6.48. The lowest BCUT2D eigenvalue weighted by Gasteiger charge is -2.37. The molecule has 3 nitrogen and oxygen atoms in total. The van der Waals surface area contributed by atoms with Crippen molar-refractivity contribution in [3.63, 3.8) is 0 Å². The molecule has 1 saturated heterocycles. The van der Waals surface area contributed by atoms with Crippen LogP contribution in [-0.4, -0.2) is 25.0 Å². The number of halogens is 1. The maximum Gasteiger partial charge on any atom is 0.276 e. The molecule has 3 rings (SSSR count). The molecule has 3 fully saturated rings. The number of carbonyl (C=O) groups is 1. The minimum Gasteiger partial charge on any atom is -0.547 e. The summed E-state index contributed by atoms with van der Waals surface area (Å²) < 4.78 is 2.53. The highest BCUT2D eigenvalue weighted by Gasteiger charge is 2.49. The summed E-state index contributed by atoms with van der Waals surface area (Å²) in [7, 11) is 0. The van der Waals surface area contributed by atoms with Crippen LogP contribution in [-0.2, 0) is 4.79 Å². The number of aliphatic hydroxyl groups is 1. The number of hydrogen-bond donors (Lipinski definition) is 1. The molecule has 0 aromatic heterocycles. The molecule has 4 heteroatoms. The summed E-state index contributed by atoms with van der Waals surface area (Å²) in [5.41, 5.74) is 0. The summed E-state index contributed by atoms with van der Waals surface area (Å²) in [4.78, 5) is 9.34. The highest BCUT2D eigenvalue weighted by molar-refractivity contribution is 5.68. The van der Waals surface area contributed by atoms with E-state index in [0.717, 1.165) is 6.92 Å². The van der Waals surface area contributed by atoms with Gasteiger partial charge in [0.2, 0.25) is 0 Å². The van der Waals surface area contributed by atoms with E-state index in [0.29, 0.717) is 21.2 Å². The minimum atomic E-state index is -1.44. The molecule has 2 aliphatic carbocycles. The first-order chi connectivity index (χ1) is 9.58. The molecule has 20 heavy (non-hydrogen) atoms. The van der Waals surface area contributed by atoms with Crippen LogP contribution < -0.4 is 26.3 Å². The molecule has 2 saturated carbocycles. The predicted molar refractivity (Wildman–Crippen MR) is 72.8 cm³/mol. The van der Waals surface area contributed by atoms with Crippen molar-refractivity contribution >= 4 is 5.97 Å². The lowest BCUT2D eigenvalue weighted by molar-refractivity contribution is -0.747. The Kier molecular flexibility index (Phi) is 6.59. The summed E-state index contributed by atoms with van der Waals surface area (Å²) in [6.07, 6.45) is 13.0. The Hall–Kier alpha value is 0.160. The Morgan fingerprint density at radius 2 is 1.45 bits per heavy atom. The summed E-state index contributed by atoms with van der Waals surface area (Å²) >= 11 is 0.592. The molecular formula is C16H27IO3. The molecule has 0 bridgehead atoms. The number of aliphatic carboxylic acids is 1. The van der Waals surface area contributed by atoms with Gasteiger partial charge in [0, 0.05) is 11.8 Å². The molecule has 3 aliphatic rings. The van der Waals surface area contributed by atoms with Crippen molar-refractivity contribution in [1.82, 2.24) is 0 Å². The highest BCUT2D eigenvalue weighted by Crippen LogP contribution is 2.35. The summed E-state index contributed by atoms with van der Waals surface area (Å²) in [6, 6.07) is 0. The molecule has 1 N–H and O–H groups in total. The van der Waals surface area contributed by atoms with Crippen LogP contribution >= 0.6 is 0 Å². The number of hydrogen-bond acceptors (Lipinski definition) is 3. The van der Waals surface area contributed by atoms with Gasteiger partial charge < -0.3 is 15.0 Å². The van der Waals surface area contributed by atoms with E-state index in [4.69, 9.17) is 5.11 Å². The van der Waals surface area contributed by atoms with Crippen LogP contribution in [0.3, 0.4) is 0 Å². The Morgan fingerprint density at radius 3 is 1.85 bits per heavy atom. The Morgan fingerprint density at radius 1 is 1.05 bits per heavy atom. The van der Waals surface area contributed by atoms with Crippen molar-refractivity contribution < 1.29 is 36.2 Å². The first kappa shape index (κ1) is 16.5. The summed E-state index contributed by atoms with van der Waals surface area (Å²) in [6.45, 7) is 1.13. The van der Waals surface area contributed by atoms with Crippen molar-refractivity contribution in [3.8, 4) is 0 Å². The van der Waals surface area contributed by atoms with Crippen LogP contribution in [0, 0.1) is 11.8 Å². The van der Waals surface area contributed by atoms with E-state index in [-0.39, 0.29) is 0 Å². The molecule has 1 heterocycles. The number of aliphatic hydroxyl groups excluding tert-OH is 1. The maximum atomic E-state index is 9.34. The van der Waals surface area contributed by atoms with Crippen LogP contribution in [0.5, 0.6) is 0 Å². The summed E-state index contributed by atoms with van der Waals surface area (Å²) in [5, 5.41) is 17.3. The zero-order valence-corrected chi connectivity index (χ0v) is 14.5.